The first kappa shape index (κ1) is 22.3. The molecule has 0 radical (unpaired) electrons. The van der Waals surface area contributed by atoms with E-state index < -0.39 is 6.10 Å². The highest BCUT2D eigenvalue weighted by Gasteiger charge is 2.42. The van der Waals surface area contributed by atoms with Crippen LogP contribution in [0, 0.1) is 5.92 Å². The third kappa shape index (κ3) is 5.62. The van der Waals surface area contributed by atoms with Crippen molar-refractivity contribution < 1.29 is 19.7 Å². The Morgan fingerprint density at radius 3 is 2.86 bits per heavy atom. The zero-order chi connectivity index (χ0) is 21.0. The number of ether oxygens (including phenoxy) is 1. The lowest BCUT2D eigenvalue weighted by molar-refractivity contribution is -0.147. The van der Waals surface area contributed by atoms with Gasteiger partial charge in [0.1, 0.15) is 0 Å². The molecule has 0 bridgehead atoms. The first-order chi connectivity index (χ1) is 13.9. The molecule has 0 amide bonds. The van der Waals surface area contributed by atoms with Crippen LogP contribution in [0.4, 0.5) is 0 Å². The van der Waals surface area contributed by atoms with Crippen LogP contribution in [0.25, 0.3) is 0 Å². The minimum atomic E-state index is -0.439. The van der Waals surface area contributed by atoms with Gasteiger partial charge in [-0.1, -0.05) is 30.4 Å². The van der Waals surface area contributed by atoms with Gasteiger partial charge in [-0.3, -0.25) is 4.79 Å². The van der Waals surface area contributed by atoms with Crippen molar-refractivity contribution >= 4 is 17.6 Å². The summed E-state index contributed by atoms with van der Waals surface area (Å²) in [6.07, 6.45) is 8.50. The smallest absolute Gasteiger partial charge is 0.306 e. The molecule has 29 heavy (non-hydrogen) atoms. The van der Waals surface area contributed by atoms with E-state index in [1.165, 1.54) is 5.56 Å². The summed E-state index contributed by atoms with van der Waals surface area (Å²) in [5, 5.41) is 20.6. The minimum Gasteiger partial charge on any atom is -0.463 e. The molecule has 4 nitrogen and oxygen atoms in total. The number of benzene rings is 1. The molecular formula is C24H33ClO4. The summed E-state index contributed by atoms with van der Waals surface area (Å²) in [6, 6.07) is 6.22. The Hall–Kier alpha value is -1.36. The number of halogens is 1. The second-order valence-corrected chi connectivity index (χ2v) is 9.22. The molecule has 5 atom stereocenters. The van der Waals surface area contributed by atoms with Crippen molar-refractivity contribution in [2.24, 2.45) is 5.92 Å². The van der Waals surface area contributed by atoms with E-state index in [1.807, 2.05) is 26.0 Å². The third-order valence-corrected chi connectivity index (χ3v) is 6.60. The second-order valence-electron chi connectivity index (χ2n) is 8.66. The molecule has 1 fully saturated rings. The quantitative estimate of drug-likeness (QED) is 0.274. The van der Waals surface area contributed by atoms with Crippen molar-refractivity contribution in [3.05, 3.63) is 47.0 Å². The van der Waals surface area contributed by atoms with Gasteiger partial charge in [-0.05, 0) is 75.0 Å². The fourth-order valence-corrected chi connectivity index (χ4v) is 5.15. The number of fused-ring (bicyclic) bond motifs is 1. The number of aliphatic hydroxyl groups excluding tert-OH is 2. The number of rotatable bonds is 8. The molecule has 0 aliphatic heterocycles. The number of carbonyl (C=O) groups is 1. The summed E-state index contributed by atoms with van der Waals surface area (Å²) in [7, 11) is 0. The maximum Gasteiger partial charge on any atom is 0.306 e. The molecule has 2 aliphatic carbocycles. The van der Waals surface area contributed by atoms with Crippen molar-refractivity contribution in [2.45, 2.75) is 88.4 Å². The molecule has 1 aromatic rings. The third-order valence-electron chi connectivity index (χ3n) is 6.10. The van der Waals surface area contributed by atoms with Gasteiger partial charge in [-0.25, -0.2) is 0 Å². The standard InChI is InChI=1S/C24H33ClO4/c1-15(2)29-23(28)8-6-4-3-5-7-19-20(25)14-22(27)24(19)17-9-11-18-16(13-17)10-12-21(18)26/h3,5,9,11,13,15,19-22,24,26-27H,4,6-8,10,12,14H2,1-2H3/b5-3-/t19-,20+,21+,22+,24-/m0/s1. The maximum atomic E-state index is 11.6. The van der Waals surface area contributed by atoms with Crippen molar-refractivity contribution in [1.29, 1.82) is 0 Å². The fraction of sp³-hybridized carbons (Fsp3) is 0.625. The van der Waals surface area contributed by atoms with Crippen molar-refractivity contribution in [1.82, 2.24) is 0 Å². The van der Waals surface area contributed by atoms with Crippen LogP contribution < -0.4 is 0 Å². The lowest BCUT2D eigenvalue weighted by Crippen LogP contribution is -2.18. The summed E-state index contributed by atoms with van der Waals surface area (Å²) < 4.78 is 5.14. The number of hydrogen-bond donors (Lipinski definition) is 2. The molecule has 0 aromatic heterocycles. The van der Waals surface area contributed by atoms with E-state index in [0.717, 1.165) is 43.2 Å². The summed E-state index contributed by atoms with van der Waals surface area (Å²) in [6.45, 7) is 3.71. The van der Waals surface area contributed by atoms with E-state index in [2.05, 4.69) is 18.2 Å². The molecule has 0 heterocycles. The molecule has 2 aliphatic rings. The molecule has 1 saturated carbocycles. The van der Waals surface area contributed by atoms with Crippen LogP contribution >= 0.6 is 11.6 Å². The van der Waals surface area contributed by atoms with E-state index in [4.69, 9.17) is 16.3 Å². The molecule has 5 heteroatoms. The Balaban J connectivity index is 1.56. The highest BCUT2D eigenvalue weighted by atomic mass is 35.5. The van der Waals surface area contributed by atoms with Gasteiger partial charge in [0.2, 0.25) is 0 Å². The van der Waals surface area contributed by atoms with Crippen LogP contribution in [0.3, 0.4) is 0 Å². The largest absolute Gasteiger partial charge is 0.463 e. The Labute approximate surface area is 178 Å². The van der Waals surface area contributed by atoms with E-state index in [-0.39, 0.29) is 35.4 Å². The lowest BCUT2D eigenvalue weighted by Gasteiger charge is -2.23. The van der Waals surface area contributed by atoms with Crippen LogP contribution in [0.5, 0.6) is 0 Å². The van der Waals surface area contributed by atoms with Gasteiger partial charge >= 0.3 is 5.97 Å². The van der Waals surface area contributed by atoms with Crippen molar-refractivity contribution in [3.63, 3.8) is 0 Å². The Bertz CT molecular complexity index is 730. The van der Waals surface area contributed by atoms with E-state index in [9.17, 15) is 15.0 Å². The number of aliphatic hydroxyl groups is 2. The van der Waals surface area contributed by atoms with Gasteiger partial charge in [-0.15, -0.1) is 11.6 Å². The Morgan fingerprint density at radius 2 is 2.10 bits per heavy atom. The zero-order valence-corrected chi connectivity index (χ0v) is 18.1. The molecule has 160 valence electrons. The molecule has 3 rings (SSSR count). The predicted molar refractivity (Wildman–Crippen MR) is 115 cm³/mol. The topological polar surface area (TPSA) is 66.8 Å². The average molecular weight is 421 g/mol. The SMILES string of the molecule is CC(C)OC(=O)CCC/C=C\C[C@@H]1[C@H](c2ccc3c(c2)CC[C@H]3O)[C@H](O)C[C@H]1Cl. The molecule has 0 saturated heterocycles. The summed E-state index contributed by atoms with van der Waals surface area (Å²) in [5.41, 5.74) is 3.35. The molecule has 0 spiro atoms. The second kappa shape index (κ2) is 10.1. The number of aryl methyl sites for hydroxylation is 1. The molecule has 1 aromatic carbocycles. The van der Waals surface area contributed by atoms with Gasteiger partial charge in [0.15, 0.2) is 0 Å². The summed E-state index contributed by atoms with van der Waals surface area (Å²) in [4.78, 5) is 11.6. The summed E-state index contributed by atoms with van der Waals surface area (Å²) >= 11 is 6.59. The van der Waals surface area contributed by atoms with E-state index in [0.29, 0.717) is 12.8 Å². The van der Waals surface area contributed by atoms with Crippen LogP contribution in [-0.2, 0) is 16.0 Å². The maximum absolute atomic E-state index is 11.6. The van der Waals surface area contributed by atoms with Crippen LogP contribution in [0.1, 0.15) is 81.1 Å². The summed E-state index contributed by atoms with van der Waals surface area (Å²) in [5.74, 6) is 0.0549. The highest BCUT2D eigenvalue weighted by Crippen LogP contribution is 2.46. The number of allylic oxidation sites excluding steroid dienone is 2. The van der Waals surface area contributed by atoms with Crippen LogP contribution in [0.15, 0.2) is 30.4 Å². The number of esters is 1. The highest BCUT2D eigenvalue weighted by molar-refractivity contribution is 6.21. The van der Waals surface area contributed by atoms with Gasteiger partial charge in [0.25, 0.3) is 0 Å². The Morgan fingerprint density at radius 1 is 1.31 bits per heavy atom. The van der Waals surface area contributed by atoms with Crippen molar-refractivity contribution in [2.75, 3.05) is 0 Å². The fourth-order valence-electron chi connectivity index (χ4n) is 4.71. The van der Waals surface area contributed by atoms with Gasteiger partial charge in [0, 0.05) is 17.7 Å². The first-order valence-electron chi connectivity index (χ1n) is 10.8. The minimum absolute atomic E-state index is 0.0196. The van der Waals surface area contributed by atoms with Gasteiger partial charge < -0.3 is 14.9 Å². The molecular weight excluding hydrogens is 388 g/mol. The number of unbranched alkanes of at least 4 members (excludes halogenated alkanes) is 1. The number of hydrogen-bond acceptors (Lipinski definition) is 4. The van der Waals surface area contributed by atoms with E-state index >= 15 is 0 Å². The van der Waals surface area contributed by atoms with E-state index in [1.54, 1.807) is 0 Å². The zero-order valence-electron chi connectivity index (χ0n) is 17.4. The number of carbonyl (C=O) groups excluding carboxylic acids is 1. The van der Waals surface area contributed by atoms with Crippen LogP contribution in [-0.4, -0.2) is 33.8 Å². The number of alkyl halides is 1. The first-order valence-corrected chi connectivity index (χ1v) is 11.3. The normalized spacial score (nSPS) is 29.0. The monoisotopic (exact) mass is 420 g/mol. The lowest BCUT2D eigenvalue weighted by atomic mass is 9.84. The van der Waals surface area contributed by atoms with Gasteiger partial charge in [0.05, 0.1) is 18.3 Å². The average Bonchev–Trinajstić information content (AvgIpc) is 3.16. The van der Waals surface area contributed by atoms with Crippen molar-refractivity contribution in [3.8, 4) is 0 Å². The Kier molecular flexibility index (Phi) is 7.78. The molecule has 0 unspecified atom stereocenters. The molecule has 2 N–H and O–H groups in total. The van der Waals surface area contributed by atoms with Gasteiger partial charge in [-0.2, -0.15) is 0 Å². The predicted octanol–water partition coefficient (Wildman–Crippen LogP) is 4.81. The van der Waals surface area contributed by atoms with Crippen LogP contribution in [0.2, 0.25) is 0 Å².